The predicted molar refractivity (Wildman–Crippen MR) is 91.0 cm³/mol. The number of carbonyl (C=O) groups is 4. The van der Waals surface area contributed by atoms with Crippen LogP contribution in [-0.2, 0) is 23.8 Å². The van der Waals surface area contributed by atoms with Gasteiger partial charge in [0.1, 0.15) is 6.26 Å². The van der Waals surface area contributed by atoms with Crippen LogP contribution in [0.15, 0.2) is 47.4 Å². The number of hydrogen-bond donors (Lipinski definition) is 0. The molecule has 0 spiro atoms. The molecule has 3 rings (SSSR count). The molecule has 0 fully saturated rings. The summed E-state index contributed by atoms with van der Waals surface area (Å²) in [6.07, 6.45) is 0.906. The molecule has 8 heteroatoms. The van der Waals surface area contributed by atoms with Crippen LogP contribution in [-0.4, -0.2) is 41.5 Å². The van der Waals surface area contributed by atoms with Gasteiger partial charge >= 0.3 is 11.9 Å². The number of cyclic esters (lactones) is 1. The second-order valence-corrected chi connectivity index (χ2v) is 6.19. The Morgan fingerprint density at radius 1 is 1.11 bits per heavy atom. The number of nitrogens with zero attached hydrogens (tertiary/aromatic N) is 1. The minimum absolute atomic E-state index is 0.169. The van der Waals surface area contributed by atoms with Crippen LogP contribution in [0.2, 0.25) is 0 Å². The lowest BCUT2D eigenvalue weighted by atomic mass is 10.1. The van der Waals surface area contributed by atoms with E-state index in [2.05, 4.69) is 4.74 Å². The first kappa shape index (κ1) is 18.4. The molecule has 0 bridgehead atoms. The Morgan fingerprint density at radius 3 is 2.11 bits per heavy atom. The molecule has 2 heterocycles. The third-order valence-corrected chi connectivity index (χ3v) is 4.66. The fourth-order valence-electron chi connectivity index (χ4n) is 2.81. The van der Waals surface area contributed by atoms with E-state index in [1.807, 2.05) is 0 Å². The van der Waals surface area contributed by atoms with Gasteiger partial charge in [0.15, 0.2) is 5.70 Å². The maximum atomic E-state index is 12.6. The Hall–Kier alpha value is -3.42. The van der Waals surface area contributed by atoms with Gasteiger partial charge in [0.2, 0.25) is 0 Å². The van der Waals surface area contributed by atoms with Crippen LogP contribution in [0, 0.1) is 0 Å². The van der Waals surface area contributed by atoms with Gasteiger partial charge in [-0.1, -0.05) is 12.1 Å². The molecule has 0 aliphatic carbocycles. The Bertz CT molecular complexity index is 908. The number of benzene rings is 1. The monoisotopic (exact) mass is 371 g/mol. The SMILES string of the molecule is COC(=O)/C(=C/OC1(C)OC(=O)C(C)=C1C)N1C(=O)c2ccccc2C1=O. The lowest BCUT2D eigenvalue weighted by Gasteiger charge is -2.25. The van der Waals surface area contributed by atoms with E-state index in [-0.39, 0.29) is 11.1 Å². The highest BCUT2D eigenvalue weighted by Crippen LogP contribution is 2.34. The van der Waals surface area contributed by atoms with Gasteiger partial charge in [-0.15, -0.1) is 0 Å². The molecule has 1 aromatic carbocycles. The summed E-state index contributed by atoms with van der Waals surface area (Å²) >= 11 is 0. The van der Waals surface area contributed by atoms with Crippen LogP contribution < -0.4 is 0 Å². The molecule has 140 valence electrons. The van der Waals surface area contributed by atoms with Crippen molar-refractivity contribution >= 4 is 23.8 Å². The van der Waals surface area contributed by atoms with Crippen LogP contribution in [0.5, 0.6) is 0 Å². The fraction of sp³-hybridized carbons (Fsp3) is 0.263. The van der Waals surface area contributed by atoms with E-state index in [4.69, 9.17) is 9.47 Å². The first-order valence-electron chi connectivity index (χ1n) is 8.06. The van der Waals surface area contributed by atoms with Crippen molar-refractivity contribution < 1.29 is 33.4 Å². The van der Waals surface area contributed by atoms with Crippen molar-refractivity contribution in [1.29, 1.82) is 0 Å². The third-order valence-electron chi connectivity index (χ3n) is 4.66. The van der Waals surface area contributed by atoms with Crippen LogP contribution in [0.25, 0.3) is 0 Å². The van der Waals surface area contributed by atoms with E-state index >= 15 is 0 Å². The van der Waals surface area contributed by atoms with E-state index in [1.165, 1.54) is 19.1 Å². The van der Waals surface area contributed by atoms with Gasteiger partial charge in [0.05, 0.1) is 18.2 Å². The van der Waals surface area contributed by atoms with E-state index in [1.54, 1.807) is 26.0 Å². The summed E-state index contributed by atoms with van der Waals surface area (Å²) in [6, 6.07) is 6.20. The van der Waals surface area contributed by atoms with Gasteiger partial charge in [-0.25, -0.2) is 14.5 Å². The summed E-state index contributed by atoms with van der Waals surface area (Å²) in [7, 11) is 1.11. The Balaban J connectivity index is 1.98. The molecule has 1 unspecified atom stereocenters. The number of hydrogen-bond acceptors (Lipinski definition) is 7. The lowest BCUT2D eigenvalue weighted by molar-refractivity contribution is -0.178. The van der Waals surface area contributed by atoms with Crippen molar-refractivity contribution in [2.45, 2.75) is 26.6 Å². The largest absolute Gasteiger partial charge is 0.464 e. The van der Waals surface area contributed by atoms with Gasteiger partial charge in [0, 0.05) is 18.1 Å². The van der Waals surface area contributed by atoms with Crippen molar-refractivity contribution in [2.24, 2.45) is 0 Å². The van der Waals surface area contributed by atoms with Crippen LogP contribution in [0.3, 0.4) is 0 Å². The van der Waals surface area contributed by atoms with Crippen LogP contribution in [0.4, 0.5) is 0 Å². The average molecular weight is 371 g/mol. The topological polar surface area (TPSA) is 99.2 Å². The predicted octanol–water partition coefficient (Wildman–Crippen LogP) is 1.92. The van der Waals surface area contributed by atoms with Gasteiger partial charge in [-0.2, -0.15) is 0 Å². The van der Waals surface area contributed by atoms with Gasteiger partial charge in [-0.3, -0.25) is 9.59 Å². The minimum Gasteiger partial charge on any atom is -0.464 e. The molecule has 0 saturated carbocycles. The molecule has 1 atom stereocenters. The molecule has 27 heavy (non-hydrogen) atoms. The Labute approximate surface area is 155 Å². The van der Waals surface area contributed by atoms with Crippen molar-refractivity contribution in [3.8, 4) is 0 Å². The number of esters is 2. The fourth-order valence-corrected chi connectivity index (χ4v) is 2.81. The number of methoxy groups -OCH3 is 1. The molecule has 8 nitrogen and oxygen atoms in total. The molecule has 2 amide bonds. The molecule has 0 saturated heterocycles. The number of carbonyl (C=O) groups excluding carboxylic acids is 4. The summed E-state index contributed by atoms with van der Waals surface area (Å²) < 4.78 is 15.4. The Kier molecular flexibility index (Phi) is 4.35. The highest BCUT2D eigenvalue weighted by Gasteiger charge is 2.44. The normalized spacial score (nSPS) is 22.1. The smallest absolute Gasteiger partial charge is 0.358 e. The molecule has 2 aliphatic heterocycles. The van der Waals surface area contributed by atoms with Gasteiger partial charge in [-0.05, 0) is 26.0 Å². The Morgan fingerprint density at radius 2 is 1.67 bits per heavy atom. The standard InChI is InChI=1S/C19H17NO7/c1-10-11(2)19(3,27-17(10)23)26-9-14(18(24)25-4)20-15(21)12-7-5-6-8-13(12)16(20)22/h5-9H,1-4H3/b14-9-. The zero-order chi connectivity index (χ0) is 19.9. The van der Waals surface area contributed by atoms with Crippen molar-refractivity contribution in [3.63, 3.8) is 0 Å². The zero-order valence-electron chi connectivity index (χ0n) is 15.2. The van der Waals surface area contributed by atoms with Crippen LogP contribution in [0.1, 0.15) is 41.5 Å². The summed E-state index contributed by atoms with van der Waals surface area (Å²) in [6.45, 7) is 4.72. The van der Waals surface area contributed by atoms with Crippen molar-refractivity contribution in [2.75, 3.05) is 7.11 Å². The number of amides is 2. The van der Waals surface area contributed by atoms with Gasteiger partial charge in [0.25, 0.3) is 17.6 Å². The van der Waals surface area contributed by atoms with E-state index in [0.29, 0.717) is 16.0 Å². The number of imide groups is 1. The number of ether oxygens (including phenoxy) is 3. The molecule has 0 aromatic heterocycles. The summed E-state index contributed by atoms with van der Waals surface area (Å²) in [5.41, 5.74) is 0.811. The lowest BCUT2D eigenvalue weighted by Crippen LogP contribution is -2.35. The van der Waals surface area contributed by atoms with Crippen molar-refractivity contribution in [3.05, 3.63) is 58.5 Å². The molecular weight excluding hydrogens is 354 g/mol. The maximum Gasteiger partial charge on any atom is 0.358 e. The van der Waals surface area contributed by atoms with Gasteiger partial charge < -0.3 is 14.2 Å². The summed E-state index contributed by atoms with van der Waals surface area (Å²) in [5.74, 6) is -4.31. The first-order valence-corrected chi connectivity index (χ1v) is 8.06. The second-order valence-electron chi connectivity index (χ2n) is 6.19. The van der Waals surface area contributed by atoms with E-state index in [9.17, 15) is 19.2 Å². The zero-order valence-corrected chi connectivity index (χ0v) is 15.2. The molecule has 0 radical (unpaired) electrons. The minimum atomic E-state index is -1.46. The number of rotatable bonds is 4. The summed E-state index contributed by atoms with van der Waals surface area (Å²) in [5, 5.41) is 0. The molecular formula is C19H17NO7. The quantitative estimate of drug-likeness (QED) is 0.345. The highest BCUT2D eigenvalue weighted by molar-refractivity contribution is 6.24. The average Bonchev–Trinajstić information content (AvgIpc) is 3.02. The first-order chi connectivity index (χ1) is 12.7. The molecule has 1 aromatic rings. The van der Waals surface area contributed by atoms with E-state index in [0.717, 1.165) is 13.4 Å². The highest BCUT2D eigenvalue weighted by atomic mass is 16.7. The third kappa shape index (κ3) is 2.79. The summed E-state index contributed by atoms with van der Waals surface area (Å²) in [4.78, 5) is 49.9. The second kappa shape index (κ2) is 6.39. The van der Waals surface area contributed by atoms with E-state index < -0.39 is 35.2 Å². The van der Waals surface area contributed by atoms with Crippen LogP contribution >= 0.6 is 0 Å². The maximum absolute atomic E-state index is 12.6. The molecule has 2 aliphatic rings. The molecule has 0 N–H and O–H groups in total. The van der Waals surface area contributed by atoms with Crippen molar-refractivity contribution in [1.82, 2.24) is 4.90 Å². The number of fused-ring (bicyclic) bond motifs is 1.